The van der Waals surface area contributed by atoms with Gasteiger partial charge in [0.05, 0.1) is 55.9 Å². The van der Waals surface area contributed by atoms with Crippen LogP contribution < -0.4 is 30.0 Å². The first kappa shape index (κ1) is 98.2. The van der Waals surface area contributed by atoms with E-state index in [0.29, 0.717) is 85.3 Å². The maximum atomic E-state index is 14.7. The van der Waals surface area contributed by atoms with Gasteiger partial charge >= 0.3 is 0 Å². The zero-order chi connectivity index (χ0) is 96.9. The summed E-state index contributed by atoms with van der Waals surface area (Å²) in [5.74, 6) is -0.362. The number of likely N-dealkylation sites (N-methyl/N-ethyl adjacent to an activating group) is 1. The normalized spacial score (nSPS) is 11.4. The van der Waals surface area contributed by atoms with Crippen LogP contribution in [-0.4, -0.2) is 236 Å². The minimum atomic E-state index is -0.376. The monoisotopic (exact) mass is 1840 g/mol. The molecule has 0 unspecified atom stereocenters. The predicted molar refractivity (Wildman–Crippen MR) is 515 cm³/mol. The Kier molecular flexibility index (Phi) is 31.7. The molecule has 0 spiro atoms. The van der Waals surface area contributed by atoms with Crippen LogP contribution >= 0.6 is 0 Å². The molecule has 0 radical (unpaired) electrons. The molecule has 0 aliphatic carbocycles. The summed E-state index contributed by atoms with van der Waals surface area (Å²) in [5.41, 5.74) is 29.6. The van der Waals surface area contributed by atoms with Crippen molar-refractivity contribution in [1.82, 2.24) is 106 Å². The van der Waals surface area contributed by atoms with E-state index >= 15 is 0 Å². The minimum Gasteiger partial charge on any atom is -0.492 e. The number of nitrogens with zero attached hydrogens (tertiary/aromatic N) is 21. The third kappa shape index (κ3) is 22.8. The van der Waals surface area contributed by atoms with Crippen LogP contribution in [0.25, 0.3) is 67.1 Å². The number of amides is 3. The van der Waals surface area contributed by atoms with Crippen molar-refractivity contribution < 1.29 is 50.9 Å². The number of aromatic nitrogens is 16. The Labute approximate surface area is 783 Å². The van der Waals surface area contributed by atoms with Crippen molar-refractivity contribution in [1.29, 1.82) is 0 Å². The number of carbonyl (C=O) groups is 3. The molecule has 4 aromatic carbocycles. The fourth-order valence-corrected chi connectivity index (χ4v) is 16.0. The van der Waals surface area contributed by atoms with Gasteiger partial charge in [0, 0.05) is 279 Å². The van der Waals surface area contributed by atoms with Gasteiger partial charge in [-0.2, -0.15) is 20.4 Å². The van der Waals surface area contributed by atoms with Gasteiger partial charge in [0.25, 0.3) is 17.7 Å². The molecule has 0 aliphatic heterocycles. The number of fused-ring (bicyclic) bond motifs is 4. The van der Waals surface area contributed by atoms with Crippen LogP contribution in [0.2, 0.25) is 0 Å². The average molecular weight is 1840 g/mol. The molecule has 3 amide bonds. The largest absolute Gasteiger partial charge is 0.492 e. The lowest BCUT2D eigenvalue weighted by Crippen LogP contribution is -2.23. The number of imidazole rings is 4. The zero-order valence-corrected chi connectivity index (χ0v) is 80.4. The van der Waals surface area contributed by atoms with Crippen LogP contribution in [0.5, 0.6) is 23.0 Å². The van der Waals surface area contributed by atoms with Crippen LogP contribution in [0.4, 0.5) is 17.6 Å². The van der Waals surface area contributed by atoms with Gasteiger partial charge in [-0.25, -0.2) is 37.5 Å². The number of benzene rings is 4. The number of nitrogens with two attached hydrogens (primary N) is 1. The summed E-state index contributed by atoms with van der Waals surface area (Å²) in [5, 5.41) is 20.7. The van der Waals surface area contributed by atoms with Gasteiger partial charge < -0.3 is 72.1 Å². The van der Waals surface area contributed by atoms with Crippen LogP contribution in [0, 0.1) is 57.9 Å². The summed E-state index contributed by atoms with van der Waals surface area (Å²) >= 11 is 0. The maximum absolute atomic E-state index is 14.7. The second-order valence-corrected chi connectivity index (χ2v) is 34.4. The number of halogens is 4. The molecule has 30 nitrogen and oxygen atoms in total. The molecule has 0 fully saturated rings. The highest BCUT2D eigenvalue weighted by Gasteiger charge is 2.27. The molecule has 16 aromatic rings. The molecule has 0 aliphatic rings. The van der Waals surface area contributed by atoms with Gasteiger partial charge in [-0.3, -0.25) is 33.1 Å². The van der Waals surface area contributed by atoms with Gasteiger partial charge in [-0.15, -0.1) is 0 Å². The molecule has 0 saturated carbocycles. The molecule has 0 bridgehead atoms. The van der Waals surface area contributed by atoms with Crippen LogP contribution in [-0.2, 0) is 79.8 Å². The van der Waals surface area contributed by atoms with E-state index in [1.54, 1.807) is 80.6 Å². The lowest BCUT2D eigenvalue weighted by atomic mass is 10.1. The Morgan fingerprint density at radius 2 is 0.726 bits per heavy atom. The third-order valence-electron chi connectivity index (χ3n) is 23.7. The molecule has 3 N–H and O–H groups in total. The number of aryl methyl sites for hydroxylation is 5. The molecule has 34 heteroatoms. The number of carbonyl (C=O) groups excluding carboxylic acids is 3. The fraction of sp³-hybridized carbons (Fsp3) is 0.337. The number of rotatable bonds is 32. The lowest BCUT2D eigenvalue weighted by molar-refractivity contribution is 0.0812. The van der Waals surface area contributed by atoms with Crippen molar-refractivity contribution in [2.75, 3.05) is 117 Å². The lowest BCUT2D eigenvalue weighted by Gasteiger charge is -2.14. The predicted octanol–water partition coefficient (Wildman–Crippen LogP) is 14.0. The Balaban J connectivity index is 0.000000153. The van der Waals surface area contributed by atoms with E-state index in [1.807, 2.05) is 220 Å². The Bertz CT molecular complexity index is 6920. The molecule has 708 valence electrons. The van der Waals surface area contributed by atoms with Crippen LogP contribution in [0.1, 0.15) is 105 Å². The third-order valence-corrected chi connectivity index (χ3v) is 23.7. The first-order valence-electron chi connectivity index (χ1n) is 44.5. The number of ether oxygens (including phenoxy) is 4. The number of hydrogen-bond donors (Lipinski definition) is 2. The first-order valence-corrected chi connectivity index (χ1v) is 44.5. The number of hydrogen-bond acceptors (Lipinski definition) is 19. The molecule has 16 rings (SSSR count). The van der Waals surface area contributed by atoms with E-state index in [2.05, 4.69) is 59.8 Å². The highest BCUT2D eigenvalue weighted by Crippen LogP contribution is 2.38. The second kappa shape index (κ2) is 43.6. The molecule has 12 heterocycles. The standard InChI is InChI=1S/C27H33FN6O2.C26H31FN6O2.C25H29FN6O2.C23H26FN5O/c1-18-22(26(30-33(18)6)27(35)32(4)5)12-14-36-24-15-20(28)8-9-23(24)19-7-10-25-29-16-21(34(25)17-19)11-13-31(2)3;1-17-21(25(29-32(17)6)26(34)31(4)5)11-12-35-23-13-19(27)8-9-22(23)18-7-10-24-28-14-20(16-30(2)3)33(24)15-18;1-16-20(24(29-31(16)5)25(33)30(3)4)10-11-34-22-12-18(26)7-8-21(22)17-6-9-23-28-14-19(13-27-2)32(23)15-17;1-15-19(16(2)28(3)27-15)10-12-30-23-20(5-4-6-21(23)24)17-7-8-22-26-13-18(9-11-25)29(22)14-17/h7-10,15-17H,11-14H2,1-6H3;7-10,13-15H,11-12,16H2,1-6H3;6-9,12,14-15,27H,10-11,13H2,1-5H3;4-8,13-14H,9-12,25H2,1-3H3. The van der Waals surface area contributed by atoms with Crippen molar-refractivity contribution in [3.05, 3.63) is 285 Å². The van der Waals surface area contributed by atoms with Crippen LogP contribution in [0.15, 0.2) is 171 Å². The molecule has 135 heavy (non-hydrogen) atoms. The van der Waals surface area contributed by atoms with Crippen molar-refractivity contribution in [3.8, 4) is 67.5 Å². The van der Waals surface area contributed by atoms with Crippen molar-refractivity contribution in [2.45, 2.75) is 86.2 Å². The molecule has 0 atom stereocenters. The van der Waals surface area contributed by atoms with E-state index in [4.69, 9.17) is 24.7 Å². The Morgan fingerprint density at radius 3 is 1.09 bits per heavy atom. The maximum Gasteiger partial charge on any atom is 0.274 e. The second-order valence-electron chi connectivity index (χ2n) is 34.4. The Hall–Kier alpha value is -14.4. The van der Waals surface area contributed by atoms with Gasteiger partial charge in [-0.05, 0) is 173 Å². The SMILES string of the molecule is CNCc1cnc2ccc(-c3ccc(F)cc3OCCc3c(C(=O)N(C)C)nn(C)c3C)cn12.Cc1c(CCOc2cc(F)ccc2-c2ccc3ncc(CCN(C)C)n3c2)c(C(=O)N(C)C)nn1C.Cc1c(CCOc2cc(F)ccc2-c2ccc3ncc(CN(C)C)n3c2)c(C(=O)N(C)C)nn1C.Cc1nn(C)c(C)c1CCOc1c(F)cccc1-c1ccc2ncc(CCN)n2c1. The number of nitrogens with one attached hydrogen (secondary N) is 1. The molecular weight excluding hydrogens is 1720 g/mol. The van der Waals surface area contributed by atoms with E-state index in [9.17, 15) is 31.9 Å². The summed E-state index contributed by atoms with van der Waals surface area (Å²) < 4.78 is 96.6. The quantitative estimate of drug-likeness (QED) is 0.0370. The van der Waals surface area contributed by atoms with Crippen molar-refractivity contribution in [2.24, 2.45) is 33.9 Å². The summed E-state index contributed by atoms with van der Waals surface area (Å²) in [6.45, 7) is 13.9. The highest BCUT2D eigenvalue weighted by molar-refractivity contribution is 5.95. The molecule has 0 saturated heterocycles. The average Bonchev–Trinajstić information content (AvgIpc) is 1.69. The molecule has 12 aromatic heterocycles. The highest BCUT2D eigenvalue weighted by atomic mass is 19.1. The van der Waals surface area contributed by atoms with Gasteiger partial charge in [0.2, 0.25) is 0 Å². The van der Waals surface area contributed by atoms with Crippen molar-refractivity contribution >= 4 is 40.3 Å². The Morgan fingerprint density at radius 1 is 0.385 bits per heavy atom. The van der Waals surface area contributed by atoms with Crippen molar-refractivity contribution in [3.63, 3.8) is 0 Å². The van der Waals surface area contributed by atoms with E-state index in [1.165, 1.54) is 57.2 Å². The van der Waals surface area contributed by atoms with E-state index in [0.717, 1.165) is 161 Å². The van der Waals surface area contributed by atoms with E-state index < -0.39 is 0 Å². The fourth-order valence-electron chi connectivity index (χ4n) is 16.0. The smallest absolute Gasteiger partial charge is 0.274 e. The number of para-hydroxylation sites is 1. The number of pyridine rings is 4. The minimum absolute atomic E-state index is 0.154. The van der Waals surface area contributed by atoms with Gasteiger partial charge in [0.1, 0.15) is 57.3 Å². The summed E-state index contributed by atoms with van der Waals surface area (Å²) in [6.07, 6.45) is 19.1. The topological polar surface area (TPSA) is 283 Å². The van der Waals surface area contributed by atoms with Gasteiger partial charge in [0.15, 0.2) is 28.6 Å². The summed E-state index contributed by atoms with van der Waals surface area (Å²) in [6, 6.07) is 34.2. The molecular formula is C101H119F4N23O7. The summed E-state index contributed by atoms with van der Waals surface area (Å²) in [7, 11) is 27.6. The van der Waals surface area contributed by atoms with E-state index in [-0.39, 0.29) is 66.6 Å². The van der Waals surface area contributed by atoms with Gasteiger partial charge in [-0.1, -0.05) is 12.1 Å². The first-order chi connectivity index (χ1) is 64.6. The zero-order valence-electron chi connectivity index (χ0n) is 80.4. The van der Waals surface area contributed by atoms with Crippen LogP contribution in [0.3, 0.4) is 0 Å². The summed E-state index contributed by atoms with van der Waals surface area (Å²) in [4.78, 5) is 64.3.